The van der Waals surface area contributed by atoms with Gasteiger partial charge in [0.2, 0.25) is 0 Å². The van der Waals surface area contributed by atoms with Crippen molar-refractivity contribution in [2.75, 3.05) is 7.11 Å². The zero-order valence-electron chi connectivity index (χ0n) is 15.0. The maximum atomic E-state index is 13.2. The third-order valence-electron chi connectivity index (χ3n) is 4.31. The van der Waals surface area contributed by atoms with Gasteiger partial charge in [-0.15, -0.1) is 0 Å². The van der Waals surface area contributed by atoms with E-state index in [9.17, 15) is 4.79 Å². The van der Waals surface area contributed by atoms with Gasteiger partial charge in [-0.1, -0.05) is 30.0 Å². The summed E-state index contributed by atoms with van der Waals surface area (Å²) in [5.74, 6) is 2.21. The average Bonchev–Trinajstić information content (AvgIpc) is 3.11. The van der Waals surface area contributed by atoms with Crippen LogP contribution < -0.4 is 10.3 Å². The quantitative estimate of drug-likeness (QED) is 0.393. The van der Waals surface area contributed by atoms with Crippen molar-refractivity contribution in [3.8, 4) is 11.4 Å². The first-order chi connectivity index (χ1) is 13.2. The first kappa shape index (κ1) is 17.4. The first-order valence-corrected chi connectivity index (χ1v) is 9.41. The molecule has 2 aromatic carbocycles. The van der Waals surface area contributed by atoms with E-state index in [0.717, 1.165) is 11.5 Å². The Balaban J connectivity index is 1.87. The molecule has 0 unspecified atom stereocenters. The number of hydrogen-bond acceptors (Lipinski definition) is 5. The Hall–Kier alpha value is -3.06. The van der Waals surface area contributed by atoms with Gasteiger partial charge >= 0.3 is 0 Å². The lowest BCUT2D eigenvalue weighted by molar-refractivity contribution is 0.414. The smallest absolute Gasteiger partial charge is 0.266 e. The molecule has 4 aromatic rings. The van der Waals surface area contributed by atoms with Crippen molar-refractivity contribution < 1.29 is 4.74 Å². The van der Waals surface area contributed by atoms with Gasteiger partial charge in [0.25, 0.3) is 5.56 Å². The third kappa shape index (κ3) is 3.33. The Bertz CT molecular complexity index is 1170. The number of aromatic nitrogens is 4. The van der Waals surface area contributed by atoms with Gasteiger partial charge in [-0.2, -0.15) is 0 Å². The SMILES string of the molecule is COc1cccc(-n2c(SCc3nccn3C)nc3ccccc3c2=O)c1. The standard InChI is InChI=1S/C20H18N4O2S/c1-23-11-10-21-18(23)13-27-20-22-17-9-4-3-8-16(17)19(25)24(20)14-6-5-7-15(12-14)26-2/h3-12H,13H2,1-2H3. The molecule has 0 amide bonds. The minimum atomic E-state index is -0.101. The minimum Gasteiger partial charge on any atom is -0.497 e. The second-order valence-electron chi connectivity index (χ2n) is 6.00. The second-order valence-corrected chi connectivity index (χ2v) is 6.94. The fourth-order valence-electron chi connectivity index (χ4n) is 2.85. The molecular weight excluding hydrogens is 360 g/mol. The summed E-state index contributed by atoms with van der Waals surface area (Å²) < 4.78 is 8.92. The number of hydrogen-bond donors (Lipinski definition) is 0. The van der Waals surface area contributed by atoms with Crippen molar-refractivity contribution in [3.63, 3.8) is 0 Å². The molecule has 0 saturated heterocycles. The number of imidazole rings is 1. The molecule has 4 rings (SSSR count). The molecule has 7 heteroatoms. The Morgan fingerprint density at radius 3 is 2.78 bits per heavy atom. The Labute approximate surface area is 160 Å². The van der Waals surface area contributed by atoms with E-state index in [1.807, 2.05) is 60.3 Å². The van der Waals surface area contributed by atoms with Gasteiger partial charge in [0, 0.05) is 25.5 Å². The Kier molecular flexibility index (Phi) is 4.68. The highest BCUT2D eigenvalue weighted by molar-refractivity contribution is 7.98. The summed E-state index contributed by atoms with van der Waals surface area (Å²) >= 11 is 1.48. The predicted molar refractivity (Wildman–Crippen MR) is 107 cm³/mol. The third-order valence-corrected chi connectivity index (χ3v) is 5.24. The molecule has 27 heavy (non-hydrogen) atoms. The minimum absolute atomic E-state index is 0.101. The molecule has 0 spiro atoms. The highest BCUT2D eigenvalue weighted by Crippen LogP contribution is 2.25. The van der Waals surface area contributed by atoms with E-state index in [4.69, 9.17) is 9.72 Å². The number of aryl methyl sites for hydroxylation is 1. The summed E-state index contributed by atoms with van der Waals surface area (Å²) in [5.41, 5.74) is 1.31. The van der Waals surface area contributed by atoms with Crippen LogP contribution in [0.5, 0.6) is 5.75 Å². The lowest BCUT2D eigenvalue weighted by Gasteiger charge is -2.14. The van der Waals surface area contributed by atoms with E-state index in [1.165, 1.54) is 11.8 Å². The van der Waals surface area contributed by atoms with Gasteiger partial charge in [0.1, 0.15) is 11.6 Å². The van der Waals surface area contributed by atoms with Crippen molar-refractivity contribution in [2.45, 2.75) is 10.9 Å². The number of ether oxygens (including phenoxy) is 1. The van der Waals surface area contributed by atoms with Crippen LogP contribution in [0, 0.1) is 0 Å². The van der Waals surface area contributed by atoms with Gasteiger partial charge in [0.05, 0.1) is 29.5 Å². The van der Waals surface area contributed by atoms with Gasteiger partial charge < -0.3 is 9.30 Å². The van der Waals surface area contributed by atoms with Crippen LogP contribution in [0.2, 0.25) is 0 Å². The number of fused-ring (bicyclic) bond motifs is 1. The van der Waals surface area contributed by atoms with Crippen LogP contribution in [0.3, 0.4) is 0 Å². The van der Waals surface area contributed by atoms with E-state index in [-0.39, 0.29) is 5.56 Å². The normalized spacial score (nSPS) is 11.0. The maximum Gasteiger partial charge on any atom is 0.266 e. The number of methoxy groups -OCH3 is 1. The largest absolute Gasteiger partial charge is 0.497 e. The molecule has 0 radical (unpaired) electrons. The van der Waals surface area contributed by atoms with Gasteiger partial charge in [-0.05, 0) is 24.3 Å². The van der Waals surface area contributed by atoms with E-state index < -0.39 is 0 Å². The topological polar surface area (TPSA) is 61.9 Å². The summed E-state index contributed by atoms with van der Waals surface area (Å²) in [4.78, 5) is 22.3. The Morgan fingerprint density at radius 1 is 1.15 bits per heavy atom. The van der Waals surface area contributed by atoms with Crippen LogP contribution in [0.4, 0.5) is 0 Å². The van der Waals surface area contributed by atoms with Crippen LogP contribution in [0.1, 0.15) is 5.82 Å². The van der Waals surface area contributed by atoms with Crippen LogP contribution in [-0.2, 0) is 12.8 Å². The molecule has 0 fully saturated rings. The molecule has 6 nitrogen and oxygen atoms in total. The molecule has 0 aliphatic carbocycles. The second kappa shape index (κ2) is 7.28. The summed E-state index contributed by atoms with van der Waals surface area (Å²) in [7, 11) is 3.56. The van der Waals surface area contributed by atoms with Crippen molar-refractivity contribution in [2.24, 2.45) is 7.05 Å². The van der Waals surface area contributed by atoms with E-state index in [1.54, 1.807) is 23.9 Å². The van der Waals surface area contributed by atoms with Gasteiger partial charge in [-0.25, -0.2) is 9.97 Å². The lowest BCUT2D eigenvalue weighted by atomic mass is 10.2. The summed E-state index contributed by atoms with van der Waals surface area (Å²) in [6.07, 6.45) is 3.66. The number of nitrogens with zero attached hydrogens (tertiary/aromatic N) is 4. The van der Waals surface area contributed by atoms with E-state index in [0.29, 0.717) is 27.6 Å². The highest BCUT2D eigenvalue weighted by atomic mass is 32.2. The zero-order chi connectivity index (χ0) is 18.8. The van der Waals surface area contributed by atoms with Crippen LogP contribution >= 0.6 is 11.8 Å². The molecule has 2 aromatic heterocycles. The van der Waals surface area contributed by atoms with Crippen molar-refractivity contribution in [1.82, 2.24) is 19.1 Å². The predicted octanol–water partition coefficient (Wildman–Crippen LogP) is 3.42. The van der Waals surface area contributed by atoms with Crippen LogP contribution in [0.15, 0.2) is 70.9 Å². The number of para-hydroxylation sites is 1. The van der Waals surface area contributed by atoms with Crippen LogP contribution in [0.25, 0.3) is 16.6 Å². The zero-order valence-corrected chi connectivity index (χ0v) is 15.8. The molecule has 136 valence electrons. The van der Waals surface area contributed by atoms with Crippen LogP contribution in [-0.4, -0.2) is 26.2 Å². The summed E-state index contributed by atoms with van der Waals surface area (Å²) in [5, 5.41) is 1.21. The summed E-state index contributed by atoms with van der Waals surface area (Å²) in [6, 6.07) is 14.8. The van der Waals surface area contributed by atoms with E-state index >= 15 is 0 Å². The van der Waals surface area contributed by atoms with Crippen molar-refractivity contribution in [3.05, 3.63) is 77.1 Å². The number of benzene rings is 2. The lowest BCUT2D eigenvalue weighted by Crippen LogP contribution is -2.21. The molecule has 0 saturated carbocycles. The number of thioether (sulfide) groups is 1. The average molecular weight is 378 g/mol. The highest BCUT2D eigenvalue weighted by Gasteiger charge is 2.14. The summed E-state index contributed by atoms with van der Waals surface area (Å²) in [6.45, 7) is 0. The molecule has 0 atom stereocenters. The van der Waals surface area contributed by atoms with Crippen molar-refractivity contribution >= 4 is 22.7 Å². The van der Waals surface area contributed by atoms with Crippen molar-refractivity contribution in [1.29, 1.82) is 0 Å². The maximum absolute atomic E-state index is 13.2. The molecule has 0 aliphatic rings. The fraction of sp³-hybridized carbons (Fsp3) is 0.150. The molecule has 0 bridgehead atoms. The molecule has 0 aliphatic heterocycles. The number of rotatable bonds is 5. The molecule has 2 heterocycles. The monoisotopic (exact) mass is 378 g/mol. The fourth-order valence-corrected chi connectivity index (χ4v) is 3.87. The van der Waals surface area contributed by atoms with E-state index in [2.05, 4.69) is 4.98 Å². The molecule has 0 N–H and O–H groups in total. The first-order valence-electron chi connectivity index (χ1n) is 8.42. The Morgan fingerprint density at radius 2 is 2.00 bits per heavy atom. The van der Waals surface area contributed by atoms with Gasteiger partial charge in [-0.3, -0.25) is 9.36 Å². The van der Waals surface area contributed by atoms with Gasteiger partial charge in [0.15, 0.2) is 5.16 Å². The molecular formula is C20H18N4O2S.